The average Bonchev–Trinajstić information content (AvgIpc) is 2.28. The van der Waals surface area contributed by atoms with Crippen LogP contribution >= 0.6 is 0 Å². The van der Waals surface area contributed by atoms with Crippen LogP contribution in [0.15, 0.2) is 24.3 Å². The highest BCUT2D eigenvalue weighted by atomic mass is 16.5. The lowest BCUT2D eigenvalue weighted by Crippen LogP contribution is -2.18. The van der Waals surface area contributed by atoms with Crippen molar-refractivity contribution in [2.75, 3.05) is 19.8 Å². The van der Waals surface area contributed by atoms with Crippen LogP contribution in [0.25, 0.3) is 0 Å². The fraction of sp³-hybridized carbons (Fsp3) is 0.500. The number of benzene rings is 1. The third-order valence-corrected chi connectivity index (χ3v) is 2.07. The van der Waals surface area contributed by atoms with E-state index in [1.165, 1.54) is 0 Å². The minimum atomic E-state index is 0.386. The van der Waals surface area contributed by atoms with Crippen LogP contribution in [-0.4, -0.2) is 19.8 Å². The van der Waals surface area contributed by atoms with Crippen molar-refractivity contribution in [3.8, 4) is 11.5 Å². The Kier molecular flexibility index (Phi) is 4.98. The smallest absolute Gasteiger partial charge is 0.119 e. The SMILES string of the molecule is CCOc1ccc(OCC(C)CN)cc1. The van der Waals surface area contributed by atoms with E-state index < -0.39 is 0 Å². The van der Waals surface area contributed by atoms with Crippen LogP contribution in [-0.2, 0) is 0 Å². The molecule has 1 rings (SSSR count). The Balaban J connectivity index is 2.42. The molecule has 0 aliphatic carbocycles. The van der Waals surface area contributed by atoms with Crippen LogP contribution in [0.1, 0.15) is 13.8 Å². The second-order valence-electron chi connectivity index (χ2n) is 3.56. The number of ether oxygens (including phenoxy) is 2. The molecule has 0 radical (unpaired) electrons. The van der Waals surface area contributed by atoms with Crippen molar-refractivity contribution in [3.05, 3.63) is 24.3 Å². The summed E-state index contributed by atoms with van der Waals surface area (Å²) >= 11 is 0. The Bertz CT molecular complexity index is 271. The van der Waals surface area contributed by atoms with E-state index in [-0.39, 0.29) is 0 Å². The summed E-state index contributed by atoms with van der Waals surface area (Å²) in [6.07, 6.45) is 0. The maximum absolute atomic E-state index is 5.56. The van der Waals surface area contributed by atoms with E-state index in [2.05, 4.69) is 6.92 Å². The average molecular weight is 209 g/mol. The molecule has 0 aliphatic rings. The van der Waals surface area contributed by atoms with Gasteiger partial charge in [0, 0.05) is 5.92 Å². The summed E-state index contributed by atoms with van der Waals surface area (Å²) in [4.78, 5) is 0. The zero-order chi connectivity index (χ0) is 11.1. The van der Waals surface area contributed by atoms with Gasteiger partial charge in [0.1, 0.15) is 11.5 Å². The molecule has 1 atom stereocenters. The monoisotopic (exact) mass is 209 g/mol. The highest BCUT2D eigenvalue weighted by Crippen LogP contribution is 2.17. The fourth-order valence-corrected chi connectivity index (χ4v) is 1.11. The van der Waals surface area contributed by atoms with Gasteiger partial charge in [0.05, 0.1) is 13.2 Å². The Labute approximate surface area is 91.2 Å². The van der Waals surface area contributed by atoms with E-state index in [1.54, 1.807) is 0 Å². The Morgan fingerprint density at radius 3 is 2.13 bits per heavy atom. The number of rotatable bonds is 6. The van der Waals surface area contributed by atoms with Crippen molar-refractivity contribution in [3.63, 3.8) is 0 Å². The first kappa shape index (κ1) is 11.9. The summed E-state index contributed by atoms with van der Waals surface area (Å²) in [6.45, 7) is 6.02. The molecule has 15 heavy (non-hydrogen) atoms. The molecule has 0 spiro atoms. The van der Waals surface area contributed by atoms with Crippen molar-refractivity contribution < 1.29 is 9.47 Å². The van der Waals surface area contributed by atoms with Crippen LogP contribution in [0, 0.1) is 5.92 Å². The molecule has 0 heterocycles. The molecule has 0 aliphatic heterocycles. The molecule has 1 aromatic carbocycles. The standard InChI is InChI=1S/C12H19NO2/c1-3-14-11-4-6-12(7-5-11)15-9-10(2)8-13/h4-7,10H,3,8-9,13H2,1-2H3. The molecule has 0 saturated heterocycles. The second-order valence-corrected chi connectivity index (χ2v) is 3.56. The van der Waals surface area contributed by atoms with Crippen molar-refractivity contribution >= 4 is 0 Å². The number of hydrogen-bond acceptors (Lipinski definition) is 3. The van der Waals surface area contributed by atoms with Gasteiger partial charge >= 0.3 is 0 Å². The molecule has 1 unspecified atom stereocenters. The fourth-order valence-electron chi connectivity index (χ4n) is 1.11. The molecule has 0 bridgehead atoms. The highest BCUT2D eigenvalue weighted by Gasteiger charge is 2.00. The zero-order valence-corrected chi connectivity index (χ0v) is 9.40. The van der Waals surface area contributed by atoms with Crippen molar-refractivity contribution in [2.45, 2.75) is 13.8 Å². The van der Waals surface area contributed by atoms with Gasteiger partial charge in [-0.1, -0.05) is 6.92 Å². The van der Waals surface area contributed by atoms with Crippen LogP contribution in [0.5, 0.6) is 11.5 Å². The van der Waals surface area contributed by atoms with Gasteiger partial charge < -0.3 is 15.2 Å². The van der Waals surface area contributed by atoms with E-state index in [1.807, 2.05) is 31.2 Å². The van der Waals surface area contributed by atoms with E-state index >= 15 is 0 Å². The van der Waals surface area contributed by atoms with Crippen LogP contribution in [0.2, 0.25) is 0 Å². The summed E-state index contributed by atoms with van der Waals surface area (Å²) in [5, 5.41) is 0. The van der Waals surface area contributed by atoms with Gasteiger partial charge in [-0.3, -0.25) is 0 Å². The van der Waals surface area contributed by atoms with E-state index in [4.69, 9.17) is 15.2 Å². The molecular formula is C12H19NO2. The maximum Gasteiger partial charge on any atom is 0.119 e. The van der Waals surface area contributed by atoms with Crippen molar-refractivity contribution in [1.29, 1.82) is 0 Å². The minimum Gasteiger partial charge on any atom is -0.494 e. The summed E-state index contributed by atoms with van der Waals surface area (Å²) < 4.78 is 10.9. The van der Waals surface area contributed by atoms with Gasteiger partial charge in [-0.15, -0.1) is 0 Å². The summed E-state index contributed by atoms with van der Waals surface area (Å²) in [5.41, 5.74) is 5.50. The Hall–Kier alpha value is -1.22. The molecule has 0 aromatic heterocycles. The lowest BCUT2D eigenvalue weighted by atomic mass is 10.2. The molecule has 0 saturated carbocycles. The Morgan fingerprint density at radius 2 is 1.67 bits per heavy atom. The summed E-state index contributed by atoms with van der Waals surface area (Å²) in [7, 11) is 0. The maximum atomic E-state index is 5.56. The lowest BCUT2D eigenvalue weighted by Gasteiger charge is -2.11. The third kappa shape index (κ3) is 4.21. The summed E-state index contributed by atoms with van der Waals surface area (Å²) in [6, 6.07) is 7.64. The first-order valence-corrected chi connectivity index (χ1v) is 5.32. The van der Waals surface area contributed by atoms with Crippen LogP contribution < -0.4 is 15.2 Å². The summed E-state index contributed by atoms with van der Waals surface area (Å²) in [5.74, 6) is 2.12. The van der Waals surface area contributed by atoms with Gasteiger partial charge in [-0.05, 0) is 37.7 Å². The predicted octanol–water partition coefficient (Wildman–Crippen LogP) is 2.06. The highest BCUT2D eigenvalue weighted by molar-refractivity contribution is 5.31. The largest absolute Gasteiger partial charge is 0.494 e. The molecule has 2 N–H and O–H groups in total. The van der Waals surface area contributed by atoms with E-state index in [9.17, 15) is 0 Å². The molecule has 3 nitrogen and oxygen atoms in total. The van der Waals surface area contributed by atoms with Gasteiger partial charge in [-0.25, -0.2) is 0 Å². The Morgan fingerprint density at radius 1 is 1.13 bits per heavy atom. The van der Waals surface area contributed by atoms with Gasteiger partial charge in [-0.2, -0.15) is 0 Å². The van der Waals surface area contributed by atoms with E-state index in [0.29, 0.717) is 25.7 Å². The molecule has 0 fully saturated rings. The molecule has 84 valence electrons. The zero-order valence-electron chi connectivity index (χ0n) is 9.40. The molecule has 1 aromatic rings. The normalized spacial score (nSPS) is 12.2. The lowest BCUT2D eigenvalue weighted by molar-refractivity contribution is 0.263. The minimum absolute atomic E-state index is 0.386. The molecule has 3 heteroatoms. The van der Waals surface area contributed by atoms with Crippen molar-refractivity contribution in [2.24, 2.45) is 11.7 Å². The van der Waals surface area contributed by atoms with Gasteiger partial charge in [0.15, 0.2) is 0 Å². The van der Waals surface area contributed by atoms with Crippen molar-refractivity contribution in [1.82, 2.24) is 0 Å². The quantitative estimate of drug-likeness (QED) is 0.780. The first-order valence-electron chi connectivity index (χ1n) is 5.32. The van der Waals surface area contributed by atoms with Gasteiger partial charge in [0.2, 0.25) is 0 Å². The van der Waals surface area contributed by atoms with E-state index in [0.717, 1.165) is 11.5 Å². The predicted molar refractivity (Wildman–Crippen MR) is 61.3 cm³/mol. The molecule has 0 amide bonds. The second kappa shape index (κ2) is 6.30. The number of hydrogen-bond donors (Lipinski definition) is 1. The number of nitrogens with two attached hydrogens (primary N) is 1. The van der Waals surface area contributed by atoms with Crippen LogP contribution in [0.3, 0.4) is 0 Å². The van der Waals surface area contributed by atoms with Crippen LogP contribution in [0.4, 0.5) is 0 Å². The first-order chi connectivity index (χ1) is 7.26. The topological polar surface area (TPSA) is 44.5 Å². The molecular weight excluding hydrogens is 190 g/mol. The van der Waals surface area contributed by atoms with Gasteiger partial charge in [0.25, 0.3) is 0 Å². The third-order valence-electron chi connectivity index (χ3n) is 2.07.